The van der Waals surface area contributed by atoms with Gasteiger partial charge in [-0.15, -0.1) is 0 Å². The summed E-state index contributed by atoms with van der Waals surface area (Å²) in [6.07, 6.45) is 1.04. The molecule has 1 heterocycles. The van der Waals surface area contributed by atoms with Gasteiger partial charge in [-0.1, -0.05) is 30.3 Å². The van der Waals surface area contributed by atoms with E-state index in [1.165, 1.54) is 5.56 Å². The maximum atomic E-state index is 10.2. The molecule has 0 radical (unpaired) electrons. The predicted octanol–water partition coefficient (Wildman–Crippen LogP) is 1.27. The zero-order valence-corrected chi connectivity index (χ0v) is 11.4. The van der Waals surface area contributed by atoms with Crippen molar-refractivity contribution in [2.45, 2.75) is 31.9 Å². The third-order valence-corrected chi connectivity index (χ3v) is 3.64. The van der Waals surface area contributed by atoms with Gasteiger partial charge in [0.2, 0.25) is 0 Å². The summed E-state index contributed by atoms with van der Waals surface area (Å²) in [5, 5.41) is 13.6. The lowest BCUT2D eigenvalue weighted by atomic mass is 10.1. The van der Waals surface area contributed by atoms with Crippen LogP contribution in [0.1, 0.15) is 19.4 Å². The molecule has 0 aromatic heterocycles. The van der Waals surface area contributed by atoms with Gasteiger partial charge in [0.25, 0.3) is 0 Å². The molecule has 2 N–H and O–H groups in total. The summed E-state index contributed by atoms with van der Waals surface area (Å²) < 4.78 is 0. The highest BCUT2D eigenvalue weighted by Gasteiger charge is 2.29. The highest BCUT2D eigenvalue weighted by Crippen LogP contribution is 2.13. The fourth-order valence-corrected chi connectivity index (χ4v) is 2.55. The van der Waals surface area contributed by atoms with Crippen molar-refractivity contribution in [3.05, 3.63) is 35.9 Å². The van der Waals surface area contributed by atoms with E-state index < -0.39 is 5.60 Å². The summed E-state index contributed by atoms with van der Waals surface area (Å²) in [5.74, 6) is 0. The third kappa shape index (κ3) is 3.80. The molecule has 3 nitrogen and oxygen atoms in total. The monoisotopic (exact) mass is 248 g/mol. The molecule has 0 amide bonds. The smallest absolute Gasteiger partial charge is 0.0869 e. The van der Waals surface area contributed by atoms with Crippen LogP contribution in [-0.4, -0.2) is 47.8 Å². The number of nitrogens with zero attached hydrogens (tertiary/aromatic N) is 1. The molecule has 1 aliphatic heterocycles. The largest absolute Gasteiger partial charge is 0.388 e. The molecular formula is C15H24N2O. The number of benzene rings is 1. The Hall–Kier alpha value is -0.900. The maximum absolute atomic E-state index is 10.2. The Morgan fingerprint density at radius 3 is 2.83 bits per heavy atom. The minimum Gasteiger partial charge on any atom is -0.388 e. The summed E-state index contributed by atoms with van der Waals surface area (Å²) in [6, 6.07) is 11.0. The molecule has 0 saturated carbocycles. The van der Waals surface area contributed by atoms with E-state index in [0.29, 0.717) is 12.6 Å². The van der Waals surface area contributed by atoms with Crippen molar-refractivity contribution in [3.63, 3.8) is 0 Å². The van der Waals surface area contributed by atoms with Crippen molar-refractivity contribution in [2.75, 3.05) is 26.2 Å². The molecule has 100 valence electrons. The van der Waals surface area contributed by atoms with Crippen LogP contribution in [0.15, 0.2) is 30.3 Å². The first-order chi connectivity index (χ1) is 8.57. The van der Waals surface area contributed by atoms with Gasteiger partial charge in [-0.25, -0.2) is 0 Å². The van der Waals surface area contributed by atoms with Gasteiger partial charge in [0.05, 0.1) is 5.60 Å². The lowest BCUT2D eigenvalue weighted by Gasteiger charge is -2.31. The molecule has 2 atom stereocenters. The van der Waals surface area contributed by atoms with Crippen molar-refractivity contribution in [1.29, 1.82) is 0 Å². The normalized spacial score (nSPS) is 30.1. The maximum Gasteiger partial charge on any atom is 0.0869 e. The Kier molecular flexibility index (Phi) is 4.38. The Morgan fingerprint density at radius 1 is 1.39 bits per heavy atom. The average molecular weight is 248 g/mol. The zero-order chi connectivity index (χ0) is 13.0. The van der Waals surface area contributed by atoms with Crippen LogP contribution in [0.2, 0.25) is 0 Å². The molecule has 2 unspecified atom stereocenters. The lowest BCUT2D eigenvalue weighted by molar-refractivity contribution is 0.0268. The second-order valence-corrected chi connectivity index (χ2v) is 5.68. The van der Waals surface area contributed by atoms with Gasteiger partial charge in [-0.05, 0) is 25.8 Å². The van der Waals surface area contributed by atoms with Crippen LogP contribution < -0.4 is 5.32 Å². The van der Waals surface area contributed by atoms with E-state index in [4.69, 9.17) is 0 Å². The van der Waals surface area contributed by atoms with Gasteiger partial charge < -0.3 is 10.4 Å². The van der Waals surface area contributed by atoms with E-state index in [2.05, 4.69) is 41.4 Å². The van der Waals surface area contributed by atoms with E-state index in [9.17, 15) is 5.11 Å². The van der Waals surface area contributed by atoms with Gasteiger partial charge in [0.1, 0.15) is 0 Å². The fourth-order valence-electron chi connectivity index (χ4n) is 2.55. The second kappa shape index (κ2) is 5.83. The molecular weight excluding hydrogens is 224 g/mol. The van der Waals surface area contributed by atoms with E-state index in [1.54, 1.807) is 0 Å². The van der Waals surface area contributed by atoms with Crippen LogP contribution in [0.25, 0.3) is 0 Å². The first-order valence-corrected chi connectivity index (χ1v) is 6.78. The second-order valence-electron chi connectivity index (χ2n) is 5.68. The molecule has 18 heavy (non-hydrogen) atoms. The lowest BCUT2D eigenvalue weighted by Crippen LogP contribution is -2.45. The topological polar surface area (TPSA) is 35.5 Å². The van der Waals surface area contributed by atoms with E-state index in [-0.39, 0.29) is 0 Å². The molecule has 0 spiro atoms. The van der Waals surface area contributed by atoms with E-state index in [0.717, 1.165) is 26.1 Å². The molecule has 1 aromatic carbocycles. The third-order valence-electron chi connectivity index (χ3n) is 3.64. The number of hydrogen-bond donors (Lipinski definition) is 2. The van der Waals surface area contributed by atoms with Crippen molar-refractivity contribution in [1.82, 2.24) is 10.2 Å². The molecule has 1 aromatic rings. The summed E-state index contributed by atoms with van der Waals surface area (Å²) in [4.78, 5) is 2.38. The van der Waals surface area contributed by atoms with Crippen LogP contribution >= 0.6 is 0 Å². The van der Waals surface area contributed by atoms with Crippen LogP contribution in [-0.2, 0) is 6.42 Å². The Labute approximate surface area is 110 Å². The number of rotatable bonds is 3. The quantitative estimate of drug-likeness (QED) is 0.846. The number of nitrogens with one attached hydrogen (secondary N) is 1. The zero-order valence-electron chi connectivity index (χ0n) is 11.4. The van der Waals surface area contributed by atoms with Crippen molar-refractivity contribution < 1.29 is 5.11 Å². The molecule has 3 heteroatoms. The molecule has 0 bridgehead atoms. The van der Waals surface area contributed by atoms with Crippen molar-refractivity contribution in [2.24, 2.45) is 0 Å². The van der Waals surface area contributed by atoms with Crippen LogP contribution in [0.5, 0.6) is 0 Å². The van der Waals surface area contributed by atoms with Crippen LogP contribution in [0.3, 0.4) is 0 Å². The van der Waals surface area contributed by atoms with Crippen molar-refractivity contribution >= 4 is 0 Å². The standard InChI is InChI=1S/C15H24N2O/c1-13-10-16-11-15(2,18)12-17(13)9-8-14-6-4-3-5-7-14/h3-7,13,16,18H,8-12H2,1-2H3. The van der Waals surface area contributed by atoms with Gasteiger partial charge in [-0.2, -0.15) is 0 Å². The van der Waals surface area contributed by atoms with E-state index >= 15 is 0 Å². The summed E-state index contributed by atoms with van der Waals surface area (Å²) in [7, 11) is 0. The molecule has 1 fully saturated rings. The summed E-state index contributed by atoms with van der Waals surface area (Å²) in [5.41, 5.74) is 0.739. The summed E-state index contributed by atoms with van der Waals surface area (Å²) >= 11 is 0. The highest BCUT2D eigenvalue weighted by molar-refractivity contribution is 5.15. The number of hydrogen-bond acceptors (Lipinski definition) is 3. The van der Waals surface area contributed by atoms with Crippen molar-refractivity contribution in [3.8, 4) is 0 Å². The van der Waals surface area contributed by atoms with Gasteiger partial charge in [-0.3, -0.25) is 4.90 Å². The predicted molar refractivity (Wildman–Crippen MR) is 74.7 cm³/mol. The fraction of sp³-hybridized carbons (Fsp3) is 0.600. The van der Waals surface area contributed by atoms with Gasteiger partial charge >= 0.3 is 0 Å². The Morgan fingerprint density at radius 2 is 2.11 bits per heavy atom. The molecule has 2 rings (SSSR count). The number of β-amino-alcohol motifs (C(OH)–C–C–N with tert-alkyl or cyclic N) is 1. The Balaban J connectivity index is 1.94. The highest BCUT2D eigenvalue weighted by atomic mass is 16.3. The van der Waals surface area contributed by atoms with Gasteiger partial charge in [0, 0.05) is 32.2 Å². The average Bonchev–Trinajstić information content (AvgIpc) is 2.47. The van der Waals surface area contributed by atoms with Crippen LogP contribution in [0.4, 0.5) is 0 Å². The minimum atomic E-state index is -0.624. The first kappa shape index (κ1) is 13.5. The molecule has 1 saturated heterocycles. The minimum absolute atomic E-state index is 0.475. The SMILES string of the molecule is CC1CNCC(C)(O)CN1CCc1ccccc1. The first-order valence-electron chi connectivity index (χ1n) is 6.78. The molecule has 0 aliphatic carbocycles. The Bertz CT molecular complexity index is 364. The van der Waals surface area contributed by atoms with Crippen LogP contribution in [0, 0.1) is 0 Å². The van der Waals surface area contributed by atoms with E-state index in [1.807, 2.05) is 13.0 Å². The number of aliphatic hydroxyl groups is 1. The van der Waals surface area contributed by atoms with Gasteiger partial charge in [0.15, 0.2) is 0 Å². The summed E-state index contributed by atoms with van der Waals surface area (Å²) in [6.45, 7) is 7.51. The molecule has 1 aliphatic rings.